The third kappa shape index (κ3) is 3.81. The molecular weight excluding hydrogens is 320 g/mol. The molecule has 8 N–H and O–H groups in total. The summed E-state index contributed by atoms with van der Waals surface area (Å²) in [5.41, 5.74) is 0. The normalized spacial score (nSPS) is 51.7. The molecule has 0 saturated carbocycles. The van der Waals surface area contributed by atoms with Crippen LogP contribution in [-0.4, -0.2) is 115 Å². The molecule has 136 valence electrons. The summed E-state index contributed by atoms with van der Waals surface area (Å²) < 4.78 is 15.1. The van der Waals surface area contributed by atoms with E-state index < -0.39 is 74.6 Å². The smallest absolute Gasteiger partial charge is 0.186 e. The molecule has 2 aliphatic rings. The highest BCUT2D eigenvalue weighted by Gasteiger charge is 2.46. The lowest BCUT2D eigenvalue weighted by Gasteiger charge is -2.41. The van der Waals surface area contributed by atoms with Crippen LogP contribution in [0.2, 0.25) is 0 Å². The van der Waals surface area contributed by atoms with Gasteiger partial charge in [-0.05, 0) is 0 Å². The number of aliphatic hydroxyl groups is 8. The monoisotopic (exact) mass is 342 g/mol. The molecule has 2 rings (SSSR count). The average molecular weight is 342 g/mol. The second-order valence-corrected chi connectivity index (χ2v) is 5.57. The van der Waals surface area contributed by atoms with E-state index in [4.69, 9.17) is 19.3 Å². The van der Waals surface area contributed by atoms with Gasteiger partial charge in [0, 0.05) is 0 Å². The first kappa shape index (κ1) is 18.9. The summed E-state index contributed by atoms with van der Waals surface area (Å²) in [7, 11) is 0. The molecule has 0 aromatic rings. The van der Waals surface area contributed by atoms with Gasteiger partial charge in [0.15, 0.2) is 12.6 Å². The molecule has 0 spiro atoms. The zero-order valence-electron chi connectivity index (χ0n) is 12.0. The Morgan fingerprint density at radius 1 is 0.652 bits per heavy atom. The van der Waals surface area contributed by atoms with Crippen molar-refractivity contribution in [3.05, 3.63) is 0 Å². The number of hydrogen-bond acceptors (Lipinski definition) is 11. The second kappa shape index (κ2) is 7.63. The Morgan fingerprint density at radius 3 is 1.83 bits per heavy atom. The maximum atomic E-state index is 9.78. The summed E-state index contributed by atoms with van der Waals surface area (Å²) in [5.74, 6) is 0. The molecule has 0 aliphatic carbocycles. The Morgan fingerprint density at radius 2 is 1.22 bits per heavy atom. The molecule has 11 nitrogen and oxygen atoms in total. The third-order valence-electron chi connectivity index (χ3n) is 3.96. The lowest BCUT2D eigenvalue weighted by molar-refractivity contribution is -0.325. The van der Waals surface area contributed by atoms with Crippen molar-refractivity contribution < 1.29 is 55.1 Å². The Bertz CT molecular complexity index is 380. The largest absolute Gasteiger partial charge is 0.394 e. The van der Waals surface area contributed by atoms with E-state index in [0.29, 0.717) is 0 Å². The van der Waals surface area contributed by atoms with Gasteiger partial charge in [-0.25, -0.2) is 0 Å². The zero-order chi connectivity index (χ0) is 17.3. The first-order chi connectivity index (χ1) is 10.8. The predicted molar refractivity (Wildman–Crippen MR) is 68.6 cm³/mol. The van der Waals surface area contributed by atoms with Gasteiger partial charge in [0.1, 0.15) is 48.8 Å². The van der Waals surface area contributed by atoms with Crippen LogP contribution in [0.4, 0.5) is 0 Å². The van der Waals surface area contributed by atoms with Crippen molar-refractivity contribution in [1.82, 2.24) is 0 Å². The molecule has 10 atom stereocenters. The van der Waals surface area contributed by atoms with Crippen LogP contribution in [0.25, 0.3) is 0 Å². The van der Waals surface area contributed by atoms with Crippen molar-refractivity contribution in [2.24, 2.45) is 0 Å². The molecule has 11 heteroatoms. The lowest BCUT2D eigenvalue weighted by atomic mass is 9.98. The fourth-order valence-corrected chi connectivity index (χ4v) is 2.46. The fraction of sp³-hybridized carbons (Fsp3) is 1.00. The van der Waals surface area contributed by atoms with E-state index in [1.54, 1.807) is 0 Å². The average Bonchev–Trinajstić information content (AvgIpc) is 2.54. The molecule has 0 unspecified atom stereocenters. The quantitative estimate of drug-likeness (QED) is 0.243. The zero-order valence-corrected chi connectivity index (χ0v) is 12.0. The van der Waals surface area contributed by atoms with Crippen LogP contribution in [-0.2, 0) is 14.2 Å². The van der Waals surface area contributed by atoms with Gasteiger partial charge < -0.3 is 55.1 Å². The highest BCUT2D eigenvalue weighted by Crippen LogP contribution is 2.24. The van der Waals surface area contributed by atoms with Gasteiger partial charge in [-0.1, -0.05) is 0 Å². The minimum absolute atomic E-state index is 0.468. The van der Waals surface area contributed by atoms with E-state index in [9.17, 15) is 35.7 Å². The van der Waals surface area contributed by atoms with Crippen LogP contribution < -0.4 is 0 Å². The third-order valence-corrected chi connectivity index (χ3v) is 3.96. The van der Waals surface area contributed by atoms with Crippen molar-refractivity contribution in [1.29, 1.82) is 0 Å². The maximum Gasteiger partial charge on any atom is 0.186 e. The molecule has 0 aromatic carbocycles. The van der Waals surface area contributed by atoms with Crippen LogP contribution in [0.3, 0.4) is 0 Å². The molecule has 0 bridgehead atoms. The van der Waals surface area contributed by atoms with Gasteiger partial charge in [-0.2, -0.15) is 0 Å². The van der Waals surface area contributed by atoms with Gasteiger partial charge in [0.2, 0.25) is 0 Å². The molecule has 2 heterocycles. The van der Waals surface area contributed by atoms with Crippen LogP contribution in [0, 0.1) is 0 Å². The summed E-state index contributed by atoms with van der Waals surface area (Å²) in [4.78, 5) is 0. The van der Waals surface area contributed by atoms with Crippen LogP contribution in [0.1, 0.15) is 0 Å². The second-order valence-electron chi connectivity index (χ2n) is 5.57. The van der Waals surface area contributed by atoms with Gasteiger partial charge in [0.25, 0.3) is 0 Å². The van der Waals surface area contributed by atoms with E-state index >= 15 is 0 Å². The summed E-state index contributed by atoms with van der Waals surface area (Å²) in [6.07, 6.45) is -15.3. The molecule has 2 fully saturated rings. The molecule has 0 amide bonds. The maximum absolute atomic E-state index is 9.78. The molecule has 23 heavy (non-hydrogen) atoms. The highest BCUT2D eigenvalue weighted by molar-refractivity contribution is 4.91. The Balaban J connectivity index is 1.94. The van der Waals surface area contributed by atoms with Crippen molar-refractivity contribution in [3.63, 3.8) is 0 Å². The number of aliphatic hydroxyl groups excluding tert-OH is 8. The number of ether oxygens (including phenoxy) is 3. The minimum Gasteiger partial charge on any atom is -0.394 e. The first-order valence-corrected chi connectivity index (χ1v) is 7.07. The van der Waals surface area contributed by atoms with E-state index in [2.05, 4.69) is 0 Å². The standard InChI is InChI=1S/C12H22O11/c13-1-3-5(14)8(17)10(19)12(23-3)21-2-4-6(15)7(16)9(18)11(20)22-4/h3-20H,1-2H2/t3-,4-,5-,6-,7+,8+,9-,10-,11+,12+/m1/s1. The Hall–Kier alpha value is -0.440. The SMILES string of the molecule is OC[C@H]1O[C@H](OC[C@H]2O[C@H](O)[C@H](O)[C@@H](O)[C@@H]2O)[C@H](O)[C@@H](O)[C@@H]1O. The summed E-state index contributed by atoms with van der Waals surface area (Å²) in [6, 6.07) is 0. The van der Waals surface area contributed by atoms with Gasteiger partial charge >= 0.3 is 0 Å². The topological polar surface area (TPSA) is 190 Å². The van der Waals surface area contributed by atoms with Gasteiger partial charge in [-0.3, -0.25) is 0 Å². The van der Waals surface area contributed by atoms with Gasteiger partial charge in [-0.15, -0.1) is 0 Å². The molecule has 2 saturated heterocycles. The Kier molecular flexibility index (Phi) is 6.27. The van der Waals surface area contributed by atoms with Crippen LogP contribution in [0.5, 0.6) is 0 Å². The highest BCUT2D eigenvalue weighted by atomic mass is 16.7. The van der Waals surface area contributed by atoms with E-state index in [1.165, 1.54) is 0 Å². The summed E-state index contributed by atoms with van der Waals surface area (Å²) >= 11 is 0. The predicted octanol–water partition coefficient (Wildman–Crippen LogP) is -5.40. The van der Waals surface area contributed by atoms with Crippen molar-refractivity contribution in [2.75, 3.05) is 13.2 Å². The minimum atomic E-state index is -1.74. The molecule has 2 aliphatic heterocycles. The van der Waals surface area contributed by atoms with Crippen LogP contribution >= 0.6 is 0 Å². The van der Waals surface area contributed by atoms with Crippen molar-refractivity contribution in [2.45, 2.75) is 61.4 Å². The Labute approximate surface area is 130 Å². The van der Waals surface area contributed by atoms with Gasteiger partial charge in [0.05, 0.1) is 13.2 Å². The fourth-order valence-electron chi connectivity index (χ4n) is 2.46. The molecular formula is C12H22O11. The molecule has 0 aromatic heterocycles. The van der Waals surface area contributed by atoms with Crippen LogP contribution in [0.15, 0.2) is 0 Å². The first-order valence-electron chi connectivity index (χ1n) is 7.07. The number of hydrogen-bond donors (Lipinski definition) is 8. The van der Waals surface area contributed by atoms with E-state index in [0.717, 1.165) is 0 Å². The van der Waals surface area contributed by atoms with E-state index in [1.807, 2.05) is 0 Å². The van der Waals surface area contributed by atoms with E-state index in [-0.39, 0.29) is 0 Å². The summed E-state index contributed by atoms with van der Waals surface area (Å²) in [6.45, 7) is -1.10. The summed E-state index contributed by atoms with van der Waals surface area (Å²) in [5, 5.41) is 76.1. The van der Waals surface area contributed by atoms with Crippen molar-refractivity contribution in [3.8, 4) is 0 Å². The molecule has 0 radical (unpaired) electrons. The van der Waals surface area contributed by atoms with Crippen molar-refractivity contribution >= 4 is 0 Å². The number of rotatable bonds is 4. The lowest BCUT2D eigenvalue weighted by Crippen LogP contribution is -2.61.